The summed E-state index contributed by atoms with van der Waals surface area (Å²) in [5.74, 6) is 0.493. The molecule has 0 bridgehead atoms. The van der Waals surface area contributed by atoms with Crippen molar-refractivity contribution in [3.05, 3.63) is 298 Å². The SMILES string of the molecule is Cc1ccc(O)c(Cc2cc(CC(c3ccc(C(C)(C)c4cc(Cc5cc(C)ccc5O)c(O)c(Cc5cc(C)ccc5O)c4)cc3)c3cc(Cc4cc(C)ccc4O)c(O)c(Cc4cc(C)ccc4O)c3)cc(Cc3cc(C)ccc3O)c2O)c1. The number of hydrogen-bond donors (Lipinski definition) is 9. The first-order valence-electron chi connectivity index (χ1n) is 29.3. The van der Waals surface area contributed by atoms with Crippen LogP contribution in [-0.2, 0) is 50.4 Å². The van der Waals surface area contributed by atoms with Gasteiger partial charge in [-0.15, -0.1) is 0 Å². The maximum atomic E-state index is 12.4. The molecule has 0 fully saturated rings. The molecule has 1 atom stereocenters. The molecular weight excluding hydrogens is 1070 g/mol. The Morgan fingerprint density at radius 2 is 0.523 bits per heavy atom. The van der Waals surface area contributed by atoms with Crippen LogP contribution in [0.25, 0.3) is 0 Å². The van der Waals surface area contributed by atoms with Crippen molar-refractivity contribution in [3.63, 3.8) is 0 Å². The van der Waals surface area contributed by atoms with Crippen LogP contribution >= 0.6 is 0 Å². The minimum atomic E-state index is -0.664. The van der Waals surface area contributed by atoms with E-state index in [1.54, 1.807) is 36.4 Å². The van der Waals surface area contributed by atoms with Crippen molar-refractivity contribution in [3.8, 4) is 51.7 Å². The van der Waals surface area contributed by atoms with Crippen molar-refractivity contribution in [2.75, 3.05) is 0 Å². The lowest BCUT2D eigenvalue weighted by molar-refractivity contribution is 0.455. The van der Waals surface area contributed by atoms with E-state index in [-0.39, 0.29) is 90.3 Å². The second-order valence-electron chi connectivity index (χ2n) is 24.5. The maximum Gasteiger partial charge on any atom is 0.122 e. The predicted molar refractivity (Wildman–Crippen MR) is 342 cm³/mol. The summed E-state index contributed by atoms with van der Waals surface area (Å²) >= 11 is 0. The minimum Gasteiger partial charge on any atom is -0.508 e. The second-order valence-corrected chi connectivity index (χ2v) is 24.5. The lowest BCUT2D eigenvalue weighted by Gasteiger charge is -2.29. The Balaban J connectivity index is 1.14. The first-order chi connectivity index (χ1) is 40.9. The molecule has 0 aliphatic carbocycles. The van der Waals surface area contributed by atoms with Gasteiger partial charge in [0.2, 0.25) is 0 Å². The molecule has 9 heteroatoms. The fraction of sp³-hybridized carbons (Fsp3) is 0.221. The molecule has 0 aliphatic heterocycles. The summed E-state index contributed by atoms with van der Waals surface area (Å²) in [6.07, 6.45) is 1.77. The standard InChI is InChI=1S/C77H76O9/c1-44-9-19-68(78)53(25-44)36-59-31-50(32-60(74(59)84)37-54-26-45(2)10-20-69(54)79)33-67(52-34-61(38-55-27-46(3)11-21-70(55)80)75(85)62(35-52)39-56-28-47(4)12-22-71(56)81)51-15-17-65(18-16-51)77(7,8)66-42-63(40-57-29-48(5)13-23-72(57)82)76(86)64(43-66)41-58-30-49(6)14-24-73(58)83/h9-32,34-35,42-43,67,78-86H,33,36-41H2,1-8H3. The molecule has 0 spiro atoms. The van der Waals surface area contributed by atoms with Crippen molar-refractivity contribution < 1.29 is 46.0 Å². The molecule has 0 radical (unpaired) electrons. The average Bonchev–Trinajstić information content (AvgIpc) is 1.87. The monoisotopic (exact) mass is 1140 g/mol. The highest BCUT2D eigenvalue weighted by molar-refractivity contribution is 5.58. The number of phenolic OH excluding ortho intramolecular Hbond substituents is 9. The Kier molecular flexibility index (Phi) is 17.0. The van der Waals surface area contributed by atoms with Gasteiger partial charge >= 0.3 is 0 Å². The number of rotatable bonds is 18. The normalized spacial score (nSPS) is 12.0. The van der Waals surface area contributed by atoms with Crippen molar-refractivity contribution in [2.45, 2.75) is 112 Å². The molecule has 10 aromatic rings. The summed E-state index contributed by atoms with van der Waals surface area (Å²) in [7, 11) is 0. The topological polar surface area (TPSA) is 182 Å². The first kappa shape index (κ1) is 59.6. The average molecular weight is 1150 g/mol. The third-order valence-corrected chi connectivity index (χ3v) is 17.2. The van der Waals surface area contributed by atoms with Gasteiger partial charge in [-0.05, 0) is 179 Å². The third kappa shape index (κ3) is 13.2. The zero-order chi connectivity index (χ0) is 61.3. The van der Waals surface area contributed by atoms with Crippen LogP contribution in [0, 0.1) is 41.5 Å². The van der Waals surface area contributed by atoms with Crippen molar-refractivity contribution in [2.24, 2.45) is 0 Å². The fourth-order valence-electron chi connectivity index (χ4n) is 12.2. The van der Waals surface area contributed by atoms with Gasteiger partial charge in [0, 0.05) is 49.9 Å². The van der Waals surface area contributed by atoms with E-state index >= 15 is 0 Å². The highest BCUT2D eigenvalue weighted by atomic mass is 16.3. The molecule has 0 heterocycles. The fourth-order valence-corrected chi connectivity index (χ4v) is 12.2. The van der Waals surface area contributed by atoms with E-state index in [4.69, 9.17) is 0 Å². The van der Waals surface area contributed by atoms with Gasteiger partial charge in [0.05, 0.1) is 0 Å². The maximum absolute atomic E-state index is 12.4. The van der Waals surface area contributed by atoms with Crippen molar-refractivity contribution in [1.29, 1.82) is 0 Å². The molecule has 0 saturated heterocycles. The number of hydrogen-bond acceptors (Lipinski definition) is 9. The summed E-state index contributed by atoms with van der Waals surface area (Å²) in [5.41, 5.74) is 17.2. The van der Waals surface area contributed by atoms with E-state index < -0.39 is 11.3 Å². The van der Waals surface area contributed by atoms with Gasteiger partial charge in [0.1, 0.15) is 51.7 Å². The van der Waals surface area contributed by atoms with Gasteiger partial charge in [0.25, 0.3) is 0 Å². The quantitative estimate of drug-likeness (QED) is 0.0404. The Bertz CT molecular complexity index is 3970. The van der Waals surface area contributed by atoms with Gasteiger partial charge in [-0.3, -0.25) is 0 Å². The van der Waals surface area contributed by atoms with Crippen LogP contribution in [0.15, 0.2) is 170 Å². The first-order valence-corrected chi connectivity index (χ1v) is 29.3. The third-order valence-electron chi connectivity index (χ3n) is 17.2. The van der Waals surface area contributed by atoms with Gasteiger partial charge in [-0.25, -0.2) is 0 Å². The van der Waals surface area contributed by atoms with E-state index in [2.05, 4.69) is 38.1 Å². The summed E-state index contributed by atoms with van der Waals surface area (Å²) in [4.78, 5) is 0. The summed E-state index contributed by atoms with van der Waals surface area (Å²) in [6, 6.07) is 53.1. The summed E-state index contributed by atoms with van der Waals surface area (Å²) < 4.78 is 0. The van der Waals surface area contributed by atoms with E-state index in [1.165, 1.54) is 0 Å². The number of aryl methyl sites for hydroxylation is 6. The summed E-state index contributed by atoms with van der Waals surface area (Å²) in [6.45, 7) is 16.1. The van der Waals surface area contributed by atoms with Crippen LogP contribution in [0.4, 0.5) is 0 Å². The predicted octanol–water partition coefficient (Wildman–Crippen LogP) is 16.1. The highest BCUT2D eigenvalue weighted by Gasteiger charge is 2.29. The Morgan fingerprint density at radius 1 is 0.267 bits per heavy atom. The molecule has 9 N–H and O–H groups in total. The molecule has 0 aliphatic rings. The lowest BCUT2D eigenvalue weighted by Crippen LogP contribution is -2.20. The van der Waals surface area contributed by atoms with Gasteiger partial charge in [0.15, 0.2) is 0 Å². The van der Waals surface area contributed by atoms with Crippen LogP contribution in [0.3, 0.4) is 0 Å². The lowest BCUT2D eigenvalue weighted by atomic mass is 9.75. The number of benzene rings is 10. The van der Waals surface area contributed by atoms with Crippen LogP contribution in [-0.4, -0.2) is 46.0 Å². The highest BCUT2D eigenvalue weighted by Crippen LogP contribution is 2.43. The molecule has 9 nitrogen and oxygen atoms in total. The molecule has 0 saturated carbocycles. The Hall–Kier alpha value is -9.60. The minimum absolute atomic E-state index is 0.0550. The number of phenols is 9. The van der Waals surface area contributed by atoms with Gasteiger partial charge in [-0.1, -0.05) is 181 Å². The molecule has 1 unspecified atom stereocenters. The van der Waals surface area contributed by atoms with Crippen LogP contribution < -0.4 is 0 Å². The molecule has 438 valence electrons. The van der Waals surface area contributed by atoms with Crippen LogP contribution in [0.2, 0.25) is 0 Å². The van der Waals surface area contributed by atoms with E-state index in [1.807, 2.05) is 151 Å². The molecule has 10 rings (SSSR count). The zero-order valence-corrected chi connectivity index (χ0v) is 50.2. The Labute approximate surface area is 504 Å². The van der Waals surface area contributed by atoms with Crippen LogP contribution in [0.5, 0.6) is 51.7 Å². The molecule has 10 aromatic carbocycles. The van der Waals surface area contributed by atoms with Gasteiger partial charge in [-0.2, -0.15) is 0 Å². The van der Waals surface area contributed by atoms with Crippen LogP contribution in [0.1, 0.15) is 148 Å². The van der Waals surface area contributed by atoms with Crippen molar-refractivity contribution in [1.82, 2.24) is 0 Å². The molecule has 0 aromatic heterocycles. The van der Waals surface area contributed by atoms with E-state index in [9.17, 15) is 46.0 Å². The van der Waals surface area contributed by atoms with E-state index in [0.717, 1.165) is 61.2 Å². The summed E-state index contributed by atoms with van der Waals surface area (Å²) in [5, 5.41) is 104. The number of aromatic hydroxyl groups is 9. The van der Waals surface area contributed by atoms with Gasteiger partial charge < -0.3 is 46.0 Å². The smallest absolute Gasteiger partial charge is 0.122 e. The molecular formula is C77H76O9. The largest absolute Gasteiger partial charge is 0.508 e. The second kappa shape index (κ2) is 24.5. The van der Waals surface area contributed by atoms with E-state index in [0.29, 0.717) is 73.2 Å². The Morgan fingerprint density at radius 3 is 0.802 bits per heavy atom. The van der Waals surface area contributed by atoms with Crippen molar-refractivity contribution >= 4 is 0 Å². The zero-order valence-electron chi connectivity index (χ0n) is 50.2. The molecule has 86 heavy (non-hydrogen) atoms. The molecule has 0 amide bonds.